The Morgan fingerprint density at radius 3 is 2.58 bits per heavy atom. The fraction of sp³-hybridized carbons (Fsp3) is 0.0909. The lowest BCUT2D eigenvalue weighted by molar-refractivity contribution is -0.136. The summed E-state index contributed by atoms with van der Waals surface area (Å²) >= 11 is 0. The molecule has 100 valence electrons. The van der Waals surface area contributed by atoms with Gasteiger partial charge in [-0.3, -0.25) is 4.55 Å². The van der Waals surface area contributed by atoms with Crippen molar-refractivity contribution in [3.05, 3.63) is 35.9 Å². The molecule has 1 heterocycles. The van der Waals surface area contributed by atoms with Crippen LogP contribution in [0.25, 0.3) is 0 Å². The van der Waals surface area contributed by atoms with Gasteiger partial charge in [-0.1, -0.05) is 17.8 Å². The summed E-state index contributed by atoms with van der Waals surface area (Å²) in [5.74, 6) is -0.748. The minimum Gasteiger partial charge on any atom is -0.495 e. The van der Waals surface area contributed by atoms with E-state index >= 15 is 0 Å². The zero-order valence-electron chi connectivity index (χ0n) is 9.78. The maximum atomic E-state index is 11.1. The molecule has 0 bridgehead atoms. The van der Waals surface area contributed by atoms with Crippen molar-refractivity contribution in [1.29, 1.82) is 0 Å². The molecule has 0 saturated heterocycles. The highest BCUT2D eigenvalue weighted by molar-refractivity contribution is 7.86. The van der Waals surface area contributed by atoms with E-state index in [1.54, 1.807) is 0 Å². The number of nitrogens with zero attached hydrogens (tertiary/aromatic N) is 1. The third-order valence-corrected chi connectivity index (χ3v) is 3.36. The van der Waals surface area contributed by atoms with Crippen LogP contribution in [-0.4, -0.2) is 31.8 Å². The molecule has 0 spiro atoms. The van der Waals surface area contributed by atoms with Crippen LogP contribution in [0.4, 0.5) is 0 Å². The van der Waals surface area contributed by atoms with Crippen molar-refractivity contribution in [2.45, 2.75) is 4.90 Å². The number of hydrogen-bond donors (Lipinski definition) is 1. The van der Waals surface area contributed by atoms with E-state index in [-0.39, 0.29) is 21.9 Å². The highest BCUT2D eigenvalue weighted by Gasteiger charge is 2.26. The molecule has 1 aliphatic rings. The summed E-state index contributed by atoms with van der Waals surface area (Å²) in [6.07, 6.45) is 0. The maximum Gasteiger partial charge on any atom is 0.367 e. The second-order valence-electron chi connectivity index (χ2n) is 3.64. The van der Waals surface area contributed by atoms with Gasteiger partial charge in [0, 0.05) is 5.56 Å². The Balaban J connectivity index is 2.52. The van der Waals surface area contributed by atoms with Crippen molar-refractivity contribution in [2.24, 2.45) is 5.16 Å². The summed E-state index contributed by atoms with van der Waals surface area (Å²) in [4.78, 5) is 15.2. The van der Waals surface area contributed by atoms with Gasteiger partial charge in [0.05, 0.1) is 12.7 Å². The molecule has 2 rings (SSSR count). The molecule has 1 aliphatic heterocycles. The van der Waals surface area contributed by atoms with E-state index in [0.29, 0.717) is 5.56 Å². The van der Waals surface area contributed by atoms with Crippen LogP contribution < -0.4 is 4.74 Å². The smallest absolute Gasteiger partial charge is 0.367 e. The maximum absolute atomic E-state index is 11.1. The molecule has 1 aromatic rings. The average Bonchev–Trinajstić information content (AvgIpc) is 2.68. The lowest BCUT2D eigenvalue weighted by Crippen LogP contribution is -2.07. The average molecular weight is 283 g/mol. The fourth-order valence-electron chi connectivity index (χ4n) is 1.55. The summed E-state index contributed by atoms with van der Waals surface area (Å²) in [6, 6.07) is 3.81. The Hall–Kier alpha value is -2.19. The number of rotatable bonds is 3. The van der Waals surface area contributed by atoms with E-state index in [0.717, 1.165) is 6.07 Å². The highest BCUT2D eigenvalue weighted by atomic mass is 32.2. The SMILES string of the molecule is C=C1C(=O)ON=C1c1ccc(S(=O)(=O)O)c(OC)c1. The molecular weight excluding hydrogens is 274 g/mol. The molecule has 0 fully saturated rings. The molecule has 1 aromatic carbocycles. The van der Waals surface area contributed by atoms with Gasteiger partial charge in [0.15, 0.2) is 0 Å². The van der Waals surface area contributed by atoms with Gasteiger partial charge in [0.2, 0.25) is 0 Å². The molecular formula is C11H9NO6S. The number of ether oxygens (including phenoxy) is 1. The summed E-state index contributed by atoms with van der Waals surface area (Å²) in [7, 11) is -3.14. The van der Waals surface area contributed by atoms with E-state index in [2.05, 4.69) is 16.6 Å². The summed E-state index contributed by atoms with van der Waals surface area (Å²) in [5.41, 5.74) is 0.631. The van der Waals surface area contributed by atoms with Crippen molar-refractivity contribution >= 4 is 21.8 Å². The summed E-state index contributed by atoms with van der Waals surface area (Å²) in [6.45, 7) is 3.51. The van der Waals surface area contributed by atoms with Crippen molar-refractivity contribution in [3.8, 4) is 5.75 Å². The van der Waals surface area contributed by atoms with Crippen LogP contribution in [0.15, 0.2) is 40.4 Å². The Bertz CT molecular complexity index is 704. The normalized spacial score (nSPS) is 15.2. The Labute approximate surface area is 108 Å². The third kappa shape index (κ3) is 2.35. The van der Waals surface area contributed by atoms with Gasteiger partial charge in [-0.05, 0) is 12.1 Å². The van der Waals surface area contributed by atoms with Crippen LogP contribution in [0.2, 0.25) is 0 Å². The number of methoxy groups -OCH3 is 1. The van der Waals surface area contributed by atoms with Crippen LogP contribution in [0.3, 0.4) is 0 Å². The second-order valence-corrected chi connectivity index (χ2v) is 5.03. The first-order valence-corrected chi connectivity index (χ1v) is 6.43. The molecule has 0 aromatic heterocycles. The summed E-state index contributed by atoms with van der Waals surface area (Å²) < 4.78 is 36.1. The molecule has 8 heteroatoms. The van der Waals surface area contributed by atoms with E-state index in [9.17, 15) is 13.2 Å². The van der Waals surface area contributed by atoms with E-state index in [1.165, 1.54) is 19.2 Å². The molecule has 7 nitrogen and oxygen atoms in total. The van der Waals surface area contributed by atoms with Crippen molar-refractivity contribution < 1.29 is 27.3 Å². The summed E-state index contributed by atoms with van der Waals surface area (Å²) in [5, 5.41) is 3.54. The molecule has 0 atom stereocenters. The molecule has 0 aliphatic carbocycles. The second kappa shape index (κ2) is 4.48. The van der Waals surface area contributed by atoms with Crippen LogP contribution in [0, 0.1) is 0 Å². The van der Waals surface area contributed by atoms with Crippen molar-refractivity contribution in [1.82, 2.24) is 0 Å². The van der Waals surface area contributed by atoms with E-state index < -0.39 is 16.1 Å². The van der Waals surface area contributed by atoms with Gasteiger partial charge in [-0.2, -0.15) is 8.42 Å². The van der Waals surface area contributed by atoms with Gasteiger partial charge in [-0.15, -0.1) is 0 Å². The predicted octanol–water partition coefficient (Wildman–Crippen LogP) is 0.759. The molecule has 19 heavy (non-hydrogen) atoms. The van der Waals surface area contributed by atoms with Crippen LogP contribution >= 0.6 is 0 Å². The standard InChI is InChI=1S/C11H9NO6S/c1-6-10(12-18-11(6)13)7-3-4-9(19(14,15)16)8(5-7)17-2/h3-5H,1H2,2H3,(H,14,15,16). The fourth-order valence-corrected chi connectivity index (χ4v) is 2.19. The van der Waals surface area contributed by atoms with E-state index in [1.807, 2.05) is 0 Å². The number of oxime groups is 1. The largest absolute Gasteiger partial charge is 0.495 e. The Morgan fingerprint density at radius 1 is 1.42 bits per heavy atom. The number of hydrogen-bond acceptors (Lipinski definition) is 6. The van der Waals surface area contributed by atoms with Crippen LogP contribution in [-0.2, 0) is 19.8 Å². The molecule has 0 amide bonds. The van der Waals surface area contributed by atoms with Crippen LogP contribution in [0.1, 0.15) is 5.56 Å². The van der Waals surface area contributed by atoms with Crippen molar-refractivity contribution in [2.75, 3.05) is 7.11 Å². The number of carbonyl (C=O) groups excluding carboxylic acids is 1. The van der Waals surface area contributed by atoms with Gasteiger partial charge in [-0.25, -0.2) is 4.79 Å². The number of benzene rings is 1. The van der Waals surface area contributed by atoms with E-state index in [4.69, 9.17) is 9.29 Å². The minimum atomic E-state index is -4.40. The quantitative estimate of drug-likeness (QED) is 0.499. The Kier molecular flexibility index (Phi) is 3.13. The zero-order chi connectivity index (χ0) is 14.2. The first kappa shape index (κ1) is 13.2. The molecule has 0 unspecified atom stereocenters. The Morgan fingerprint density at radius 2 is 2.11 bits per heavy atom. The third-order valence-electron chi connectivity index (χ3n) is 2.47. The van der Waals surface area contributed by atoms with Gasteiger partial charge in [0.1, 0.15) is 16.4 Å². The molecule has 1 N–H and O–H groups in total. The highest BCUT2D eigenvalue weighted by Crippen LogP contribution is 2.27. The van der Waals surface area contributed by atoms with Gasteiger partial charge < -0.3 is 9.57 Å². The van der Waals surface area contributed by atoms with Gasteiger partial charge >= 0.3 is 5.97 Å². The minimum absolute atomic E-state index is 0.0571. The lowest BCUT2D eigenvalue weighted by atomic mass is 10.0. The number of carbonyl (C=O) groups is 1. The lowest BCUT2D eigenvalue weighted by Gasteiger charge is -2.07. The first-order chi connectivity index (χ1) is 8.84. The zero-order valence-corrected chi connectivity index (χ0v) is 10.6. The van der Waals surface area contributed by atoms with Crippen LogP contribution in [0.5, 0.6) is 5.75 Å². The molecule has 0 saturated carbocycles. The van der Waals surface area contributed by atoms with Crippen molar-refractivity contribution in [3.63, 3.8) is 0 Å². The monoisotopic (exact) mass is 283 g/mol. The molecule has 0 radical (unpaired) electrons. The van der Waals surface area contributed by atoms with Gasteiger partial charge in [0.25, 0.3) is 10.1 Å². The predicted molar refractivity (Wildman–Crippen MR) is 64.6 cm³/mol. The topological polar surface area (TPSA) is 102 Å². The first-order valence-electron chi connectivity index (χ1n) is 4.99.